The van der Waals surface area contributed by atoms with E-state index in [0.717, 1.165) is 40.9 Å². The number of nitrogens with one attached hydrogen (secondary N) is 3. The number of phenolic OH excluding ortho intramolecular Hbond substituents is 1. The molecular formula is C22H24N6O. The number of nitrogens with zero attached hydrogens (tertiary/aromatic N) is 3. The van der Waals surface area contributed by atoms with Gasteiger partial charge in [-0.1, -0.05) is 24.3 Å². The Labute approximate surface area is 169 Å². The van der Waals surface area contributed by atoms with E-state index >= 15 is 0 Å². The molecule has 1 aliphatic heterocycles. The van der Waals surface area contributed by atoms with Crippen LogP contribution in [0.4, 0.5) is 5.69 Å². The number of aromatic nitrogens is 2. The highest BCUT2D eigenvalue weighted by molar-refractivity contribution is 5.75. The Hall–Kier alpha value is -3.61. The van der Waals surface area contributed by atoms with Crippen LogP contribution in [0.3, 0.4) is 0 Å². The number of para-hydroxylation sites is 2. The molecule has 148 valence electrons. The molecule has 0 saturated heterocycles. The zero-order chi connectivity index (χ0) is 20.4. The number of allylic oxidation sites excluding steroid dienone is 1. The Morgan fingerprint density at radius 3 is 2.83 bits per heavy atom. The van der Waals surface area contributed by atoms with Crippen LogP contribution in [0.15, 0.2) is 65.7 Å². The first-order valence-corrected chi connectivity index (χ1v) is 9.57. The number of anilines is 1. The molecule has 1 unspecified atom stereocenters. The van der Waals surface area contributed by atoms with Crippen LogP contribution in [-0.4, -0.2) is 21.4 Å². The molecule has 4 N–H and O–H groups in total. The first-order chi connectivity index (χ1) is 14.1. The summed E-state index contributed by atoms with van der Waals surface area (Å²) in [6.07, 6.45) is 4.65. The van der Waals surface area contributed by atoms with Gasteiger partial charge >= 0.3 is 0 Å². The molecule has 1 atom stereocenters. The first kappa shape index (κ1) is 18.7. The van der Waals surface area contributed by atoms with Crippen LogP contribution in [0.2, 0.25) is 0 Å². The second-order valence-corrected chi connectivity index (χ2v) is 7.21. The van der Waals surface area contributed by atoms with Crippen LogP contribution in [0.1, 0.15) is 30.5 Å². The lowest BCUT2D eigenvalue weighted by molar-refractivity contribution is 0.476. The maximum Gasteiger partial charge on any atom is 0.138 e. The molecule has 7 nitrogen and oxygen atoms in total. The molecule has 2 heterocycles. The Kier molecular flexibility index (Phi) is 5.03. The molecule has 3 aromatic rings. The third-order valence-electron chi connectivity index (χ3n) is 5.23. The van der Waals surface area contributed by atoms with Gasteiger partial charge in [0, 0.05) is 30.9 Å². The third-order valence-corrected chi connectivity index (χ3v) is 5.23. The summed E-state index contributed by atoms with van der Waals surface area (Å²) >= 11 is 0. The van der Waals surface area contributed by atoms with E-state index in [1.54, 1.807) is 10.7 Å². The summed E-state index contributed by atoms with van der Waals surface area (Å²) in [6.45, 7) is 2.56. The summed E-state index contributed by atoms with van der Waals surface area (Å²) in [5.74, 6) is 0.225. The van der Waals surface area contributed by atoms with Crippen molar-refractivity contribution in [1.29, 1.82) is 5.53 Å². The molecular weight excluding hydrogens is 364 g/mol. The van der Waals surface area contributed by atoms with Gasteiger partial charge in [-0.25, -0.2) is 5.53 Å². The van der Waals surface area contributed by atoms with E-state index in [2.05, 4.69) is 39.0 Å². The molecule has 4 rings (SSSR count). The van der Waals surface area contributed by atoms with Crippen molar-refractivity contribution in [2.75, 3.05) is 11.9 Å². The number of rotatable bonds is 4. The highest BCUT2D eigenvalue weighted by atomic mass is 16.3. The molecule has 0 saturated carbocycles. The van der Waals surface area contributed by atoms with Gasteiger partial charge in [-0.05, 0) is 42.7 Å². The predicted molar refractivity (Wildman–Crippen MR) is 113 cm³/mol. The molecule has 1 aromatic heterocycles. The predicted octanol–water partition coefficient (Wildman–Crippen LogP) is 4.66. The monoisotopic (exact) mass is 388 g/mol. The van der Waals surface area contributed by atoms with Gasteiger partial charge in [0.15, 0.2) is 0 Å². The number of aryl methyl sites for hydroxylation is 1. The van der Waals surface area contributed by atoms with Crippen LogP contribution >= 0.6 is 0 Å². The maximum absolute atomic E-state index is 10.2. The van der Waals surface area contributed by atoms with Gasteiger partial charge in [0.25, 0.3) is 0 Å². The first-order valence-electron chi connectivity index (χ1n) is 9.57. The van der Waals surface area contributed by atoms with E-state index in [-0.39, 0.29) is 11.8 Å². The zero-order valence-electron chi connectivity index (χ0n) is 16.5. The lowest BCUT2D eigenvalue weighted by Crippen LogP contribution is -2.15. The van der Waals surface area contributed by atoms with Crippen molar-refractivity contribution >= 4 is 11.4 Å². The van der Waals surface area contributed by atoms with Crippen molar-refractivity contribution in [3.05, 3.63) is 71.7 Å². The number of aromatic hydroxyl groups is 1. The van der Waals surface area contributed by atoms with Gasteiger partial charge < -0.3 is 15.7 Å². The van der Waals surface area contributed by atoms with Gasteiger partial charge in [0.2, 0.25) is 0 Å². The molecule has 1 aliphatic rings. The highest BCUT2D eigenvalue weighted by Gasteiger charge is 2.24. The molecule has 0 amide bonds. The average molecular weight is 388 g/mol. The molecule has 7 heteroatoms. The smallest absolute Gasteiger partial charge is 0.138 e. The van der Waals surface area contributed by atoms with Crippen molar-refractivity contribution < 1.29 is 5.11 Å². The summed E-state index contributed by atoms with van der Waals surface area (Å²) in [4.78, 5) is 0. The van der Waals surface area contributed by atoms with E-state index in [1.165, 1.54) is 0 Å². The van der Waals surface area contributed by atoms with Gasteiger partial charge in [-0.2, -0.15) is 10.2 Å². The maximum atomic E-state index is 10.2. The lowest BCUT2D eigenvalue weighted by Gasteiger charge is -2.22. The Morgan fingerprint density at radius 1 is 1.28 bits per heavy atom. The fourth-order valence-electron chi connectivity index (χ4n) is 3.73. The minimum atomic E-state index is -0.0153. The summed E-state index contributed by atoms with van der Waals surface area (Å²) in [6, 6.07) is 13.5. The quantitative estimate of drug-likeness (QED) is 0.386. The van der Waals surface area contributed by atoms with Crippen LogP contribution < -0.4 is 10.6 Å². The molecule has 0 spiro atoms. The van der Waals surface area contributed by atoms with Crippen LogP contribution in [-0.2, 0) is 7.05 Å². The van der Waals surface area contributed by atoms with Crippen molar-refractivity contribution in [1.82, 2.24) is 15.1 Å². The molecule has 29 heavy (non-hydrogen) atoms. The van der Waals surface area contributed by atoms with E-state index < -0.39 is 0 Å². The minimum absolute atomic E-state index is 0.0153. The summed E-state index contributed by atoms with van der Waals surface area (Å²) in [5, 5.41) is 25.1. The fraction of sp³-hybridized carbons (Fsp3) is 0.227. The van der Waals surface area contributed by atoms with Gasteiger partial charge in [0.05, 0.1) is 29.3 Å². The standard InChI is InChI=1S/C22H24N6O/c1-14(27-23)22-17-8-7-15(16-12-25-28(2)13-16)11-18(17)19(9-10-24-22)26-20-5-3-4-6-21(20)29/h3-8,11-13,19,23-24,26,29H,9-10H2,1-2H3/b22-14-,27-23?. The van der Waals surface area contributed by atoms with Gasteiger partial charge in [0.1, 0.15) is 5.75 Å². The molecule has 0 fully saturated rings. The molecule has 0 radical (unpaired) electrons. The summed E-state index contributed by atoms with van der Waals surface area (Å²) in [7, 11) is 1.90. The van der Waals surface area contributed by atoms with Crippen molar-refractivity contribution in [2.45, 2.75) is 19.4 Å². The summed E-state index contributed by atoms with van der Waals surface area (Å²) in [5.41, 5.74) is 13.9. The second kappa shape index (κ2) is 7.79. The number of hydrogen-bond donors (Lipinski definition) is 4. The van der Waals surface area contributed by atoms with Gasteiger partial charge in [-0.15, -0.1) is 0 Å². The van der Waals surface area contributed by atoms with Crippen LogP contribution in [0.5, 0.6) is 5.75 Å². The Morgan fingerprint density at radius 2 is 2.10 bits per heavy atom. The summed E-state index contributed by atoms with van der Waals surface area (Å²) < 4.78 is 1.79. The lowest BCUT2D eigenvalue weighted by atomic mass is 9.93. The van der Waals surface area contributed by atoms with E-state index in [0.29, 0.717) is 11.4 Å². The minimum Gasteiger partial charge on any atom is -0.506 e. The highest BCUT2D eigenvalue weighted by Crippen LogP contribution is 2.37. The molecule has 0 aliphatic carbocycles. The zero-order valence-corrected chi connectivity index (χ0v) is 16.5. The van der Waals surface area contributed by atoms with Crippen molar-refractivity contribution in [3.8, 4) is 16.9 Å². The molecule has 2 aromatic carbocycles. The Balaban J connectivity index is 1.84. The Bertz CT molecular complexity index is 1080. The SMILES string of the molecule is C/C(N=N)=C1/NCCC(Nc2ccccc2O)c2cc(-c3cnn(C)c3)ccc21. The van der Waals surface area contributed by atoms with Crippen LogP contribution in [0.25, 0.3) is 16.8 Å². The number of phenols is 1. The average Bonchev–Trinajstić information content (AvgIpc) is 3.09. The van der Waals surface area contributed by atoms with Crippen molar-refractivity contribution in [3.63, 3.8) is 0 Å². The van der Waals surface area contributed by atoms with E-state index in [9.17, 15) is 5.11 Å². The van der Waals surface area contributed by atoms with Gasteiger partial charge in [-0.3, -0.25) is 4.68 Å². The molecule has 0 bridgehead atoms. The topological polar surface area (TPSA) is 98.3 Å². The van der Waals surface area contributed by atoms with Crippen molar-refractivity contribution in [2.24, 2.45) is 12.2 Å². The second-order valence-electron chi connectivity index (χ2n) is 7.21. The third kappa shape index (κ3) is 3.71. The number of hydrogen-bond acceptors (Lipinski definition) is 6. The number of benzene rings is 2. The fourth-order valence-corrected chi connectivity index (χ4v) is 3.73. The normalized spacial score (nSPS) is 17.7. The van der Waals surface area contributed by atoms with E-state index in [1.807, 2.05) is 44.6 Å². The number of fused-ring (bicyclic) bond motifs is 1. The van der Waals surface area contributed by atoms with Crippen LogP contribution in [0, 0.1) is 5.53 Å². The van der Waals surface area contributed by atoms with E-state index in [4.69, 9.17) is 5.53 Å². The largest absolute Gasteiger partial charge is 0.506 e.